The van der Waals surface area contributed by atoms with Gasteiger partial charge in [-0.2, -0.15) is 10.1 Å². The molecule has 0 aliphatic heterocycles. The fraction of sp³-hybridized carbons (Fsp3) is 0.308. The molecule has 19 heavy (non-hydrogen) atoms. The molecule has 3 aromatic rings. The Balaban J connectivity index is 1.52. The molecule has 1 aliphatic carbocycles. The molecule has 0 radical (unpaired) electrons. The molecule has 0 atom stereocenters. The highest BCUT2D eigenvalue weighted by molar-refractivity contribution is 5.54. The van der Waals surface area contributed by atoms with Crippen LogP contribution in [-0.4, -0.2) is 19.8 Å². The Morgan fingerprint density at radius 3 is 3.21 bits per heavy atom. The van der Waals surface area contributed by atoms with Gasteiger partial charge in [0.1, 0.15) is 0 Å². The van der Waals surface area contributed by atoms with Crippen LogP contribution in [-0.2, 0) is 6.54 Å². The van der Waals surface area contributed by atoms with Crippen LogP contribution in [0, 0.1) is 0 Å². The molecular formula is C13H13N5O. The van der Waals surface area contributed by atoms with Crippen LogP contribution in [0.3, 0.4) is 0 Å². The van der Waals surface area contributed by atoms with Gasteiger partial charge in [0.25, 0.3) is 5.95 Å². The lowest BCUT2D eigenvalue weighted by Gasteiger charge is -2.03. The van der Waals surface area contributed by atoms with Gasteiger partial charge in [0.15, 0.2) is 0 Å². The van der Waals surface area contributed by atoms with Crippen molar-refractivity contribution < 1.29 is 4.52 Å². The van der Waals surface area contributed by atoms with Crippen molar-refractivity contribution in [2.45, 2.75) is 25.3 Å². The van der Waals surface area contributed by atoms with E-state index in [0.717, 1.165) is 29.8 Å². The van der Waals surface area contributed by atoms with Gasteiger partial charge >= 0.3 is 0 Å². The van der Waals surface area contributed by atoms with Crippen molar-refractivity contribution in [3.63, 3.8) is 0 Å². The van der Waals surface area contributed by atoms with Gasteiger partial charge in [-0.1, -0.05) is 6.07 Å². The van der Waals surface area contributed by atoms with Crippen molar-refractivity contribution in [3.8, 4) is 0 Å². The van der Waals surface area contributed by atoms with Gasteiger partial charge in [-0.05, 0) is 35.7 Å². The summed E-state index contributed by atoms with van der Waals surface area (Å²) in [5.41, 5.74) is 2.23. The highest BCUT2D eigenvalue weighted by atomic mass is 16.5. The number of rotatable bonds is 4. The Bertz CT molecular complexity index is 712. The van der Waals surface area contributed by atoms with Crippen molar-refractivity contribution in [3.05, 3.63) is 42.0 Å². The predicted molar refractivity (Wildman–Crippen MR) is 68.8 cm³/mol. The lowest BCUT2D eigenvalue weighted by Crippen LogP contribution is -2.03. The first-order valence-corrected chi connectivity index (χ1v) is 6.39. The molecule has 0 amide bonds. The monoisotopic (exact) mass is 255 g/mol. The smallest absolute Gasteiger partial charge is 0.263 e. The lowest BCUT2D eigenvalue weighted by atomic mass is 10.2. The zero-order valence-electron chi connectivity index (χ0n) is 10.3. The Morgan fingerprint density at radius 2 is 2.32 bits per heavy atom. The van der Waals surface area contributed by atoms with Crippen molar-refractivity contribution in [1.29, 1.82) is 0 Å². The molecule has 0 aromatic carbocycles. The maximum Gasteiger partial charge on any atom is 0.263 e. The molecule has 0 spiro atoms. The molecule has 3 aromatic heterocycles. The minimum absolute atomic E-state index is 0.487. The van der Waals surface area contributed by atoms with E-state index in [2.05, 4.69) is 26.6 Å². The van der Waals surface area contributed by atoms with Crippen LogP contribution < -0.4 is 5.32 Å². The summed E-state index contributed by atoms with van der Waals surface area (Å²) in [5.74, 6) is 1.80. The summed E-state index contributed by atoms with van der Waals surface area (Å²) >= 11 is 0. The molecule has 0 unspecified atom stereocenters. The summed E-state index contributed by atoms with van der Waals surface area (Å²) < 4.78 is 7.06. The molecule has 1 saturated carbocycles. The molecule has 0 bridgehead atoms. The third-order valence-electron chi connectivity index (χ3n) is 3.33. The predicted octanol–water partition coefficient (Wildman–Crippen LogP) is 2.21. The maximum absolute atomic E-state index is 5.21. The minimum atomic E-state index is 0.487. The zero-order valence-corrected chi connectivity index (χ0v) is 10.3. The van der Waals surface area contributed by atoms with E-state index in [1.54, 1.807) is 6.20 Å². The maximum atomic E-state index is 5.21. The van der Waals surface area contributed by atoms with E-state index >= 15 is 0 Å². The van der Waals surface area contributed by atoms with Gasteiger partial charge in [0.05, 0.1) is 5.52 Å². The van der Waals surface area contributed by atoms with Crippen molar-refractivity contribution in [2.75, 3.05) is 5.32 Å². The van der Waals surface area contributed by atoms with Gasteiger partial charge in [-0.3, -0.25) is 0 Å². The molecule has 3 heterocycles. The molecule has 1 aliphatic rings. The van der Waals surface area contributed by atoms with E-state index < -0.39 is 0 Å². The molecule has 0 saturated heterocycles. The number of hydrogen-bond donors (Lipinski definition) is 1. The van der Waals surface area contributed by atoms with Crippen LogP contribution >= 0.6 is 0 Å². The van der Waals surface area contributed by atoms with E-state index in [4.69, 9.17) is 4.52 Å². The molecule has 96 valence electrons. The number of anilines is 1. The first-order valence-electron chi connectivity index (χ1n) is 6.39. The number of nitrogens with zero attached hydrogens (tertiary/aromatic N) is 4. The second-order valence-electron chi connectivity index (χ2n) is 4.78. The minimum Gasteiger partial charge on any atom is -0.347 e. The topological polar surface area (TPSA) is 68.2 Å². The first-order chi connectivity index (χ1) is 9.40. The molecule has 6 heteroatoms. The van der Waals surface area contributed by atoms with Gasteiger partial charge < -0.3 is 9.84 Å². The van der Waals surface area contributed by atoms with E-state index in [9.17, 15) is 0 Å². The number of fused-ring (bicyclic) bond motifs is 1. The molecule has 6 nitrogen and oxygen atoms in total. The molecular weight excluding hydrogens is 242 g/mol. The fourth-order valence-corrected chi connectivity index (χ4v) is 2.14. The van der Waals surface area contributed by atoms with Crippen LogP contribution in [0.1, 0.15) is 30.2 Å². The average molecular weight is 255 g/mol. The normalized spacial score (nSPS) is 14.9. The van der Waals surface area contributed by atoms with Gasteiger partial charge in [0.2, 0.25) is 5.89 Å². The number of nitrogens with one attached hydrogen (secondary N) is 1. The van der Waals surface area contributed by atoms with Crippen molar-refractivity contribution in [2.24, 2.45) is 0 Å². The summed E-state index contributed by atoms with van der Waals surface area (Å²) in [4.78, 5) is 4.34. The van der Waals surface area contributed by atoms with Crippen LogP contribution in [0.25, 0.3) is 5.52 Å². The van der Waals surface area contributed by atoms with Crippen molar-refractivity contribution in [1.82, 2.24) is 19.8 Å². The third kappa shape index (κ3) is 1.95. The van der Waals surface area contributed by atoms with E-state index in [1.165, 1.54) is 0 Å². The van der Waals surface area contributed by atoms with Crippen LogP contribution in [0.15, 0.2) is 35.1 Å². The Morgan fingerprint density at radius 1 is 1.37 bits per heavy atom. The van der Waals surface area contributed by atoms with E-state index in [-0.39, 0.29) is 0 Å². The van der Waals surface area contributed by atoms with Crippen LogP contribution in [0.4, 0.5) is 5.95 Å². The second-order valence-corrected chi connectivity index (χ2v) is 4.78. The van der Waals surface area contributed by atoms with E-state index in [1.807, 2.05) is 22.8 Å². The SMILES string of the molecule is c1cc(CNc2noc(C3CC3)n2)c2ccnn2c1. The summed E-state index contributed by atoms with van der Waals surface area (Å²) in [5, 5.41) is 11.3. The Kier molecular flexibility index (Phi) is 2.26. The zero-order chi connectivity index (χ0) is 12.7. The highest BCUT2D eigenvalue weighted by Crippen LogP contribution is 2.39. The largest absolute Gasteiger partial charge is 0.347 e. The quantitative estimate of drug-likeness (QED) is 0.774. The van der Waals surface area contributed by atoms with Gasteiger partial charge in [-0.15, -0.1) is 0 Å². The molecule has 4 rings (SSSR count). The Hall–Kier alpha value is -2.37. The van der Waals surface area contributed by atoms with E-state index in [0.29, 0.717) is 18.4 Å². The third-order valence-corrected chi connectivity index (χ3v) is 3.33. The summed E-state index contributed by atoms with van der Waals surface area (Å²) in [6, 6.07) is 6.03. The fourth-order valence-electron chi connectivity index (χ4n) is 2.14. The van der Waals surface area contributed by atoms with Crippen LogP contribution in [0.5, 0.6) is 0 Å². The number of hydrogen-bond acceptors (Lipinski definition) is 5. The van der Waals surface area contributed by atoms with Gasteiger partial charge in [-0.25, -0.2) is 4.52 Å². The average Bonchev–Trinajstić information content (AvgIpc) is 3.00. The standard InChI is InChI=1S/C13H13N5O/c1-2-10(11-5-6-15-18(11)7-1)8-14-13-16-12(19-17-13)9-3-4-9/h1-2,5-7,9H,3-4,8H2,(H,14,17). The molecule has 1 fully saturated rings. The molecule has 1 N–H and O–H groups in total. The lowest BCUT2D eigenvalue weighted by molar-refractivity contribution is 0.380. The summed E-state index contributed by atoms with van der Waals surface area (Å²) in [6.45, 7) is 0.652. The Labute approximate surface area is 109 Å². The summed E-state index contributed by atoms with van der Waals surface area (Å²) in [6.07, 6.45) is 6.05. The first kappa shape index (κ1) is 10.5. The highest BCUT2D eigenvalue weighted by Gasteiger charge is 2.29. The number of pyridine rings is 1. The van der Waals surface area contributed by atoms with Crippen LogP contribution in [0.2, 0.25) is 0 Å². The second kappa shape index (κ2) is 4.08. The summed E-state index contributed by atoms with van der Waals surface area (Å²) in [7, 11) is 0. The van der Waals surface area contributed by atoms with Crippen molar-refractivity contribution >= 4 is 11.5 Å². The number of aromatic nitrogens is 4. The van der Waals surface area contributed by atoms with Gasteiger partial charge in [0, 0.05) is 24.9 Å².